The summed E-state index contributed by atoms with van der Waals surface area (Å²) in [6, 6.07) is 0. The minimum atomic E-state index is 0.523. The molecule has 0 fully saturated rings. The van der Waals surface area contributed by atoms with E-state index in [1.165, 1.54) is 0 Å². The molecule has 10 nitrogen and oxygen atoms in total. The topological polar surface area (TPSA) is 92.3 Å². The monoisotopic (exact) mass is 494 g/mol. The molecule has 0 bridgehead atoms. The lowest BCUT2D eigenvalue weighted by molar-refractivity contribution is -0.0258. The summed E-state index contributed by atoms with van der Waals surface area (Å²) >= 11 is 0. The highest BCUT2D eigenvalue weighted by Crippen LogP contribution is 1.86. The van der Waals surface area contributed by atoms with Crippen molar-refractivity contribution in [1.29, 1.82) is 0 Å². The van der Waals surface area contributed by atoms with Crippen LogP contribution < -0.4 is 0 Å². The Bertz CT molecular complexity index is 362. The third-order valence-electron chi connectivity index (χ3n) is 3.82. The summed E-state index contributed by atoms with van der Waals surface area (Å²) in [6.07, 6.45) is 3.42. The molecule has 0 aliphatic rings. The van der Waals surface area contributed by atoms with Gasteiger partial charge in [-0.2, -0.15) is 0 Å². The molecule has 0 aliphatic heterocycles. The first-order valence-corrected chi connectivity index (χ1v) is 11.9. The molecule has 10 heteroatoms. The van der Waals surface area contributed by atoms with Crippen LogP contribution in [0.1, 0.15) is 0 Å². The van der Waals surface area contributed by atoms with E-state index in [9.17, 15) is 0 Å². The van der Waals surface area contributed by atoms with E-state index in [4.69, 9.17) is 47.4 Å². The first-order valence-electron chi connectivity index (χ1n) is 11.9. The third kappa shape index (κ3) is 31.1. The number of ether oxygens (including phenoxy) is 10. The first-order chi connectivity index (χ1) is 16.9. The molecule has 0 saturated heterocycles. The highest BCUT2D eigenvalue weighted by Gasteiger charge is 1.95. The zero-order valence-corrected chi connectivity index (χ0v) is 20.8. The van der Waals surface area contributed by atoms with Gasteiger partial charge < -0.3 is 47.4 Å². The maximum atomic E-state index is 5.44. The summed E-state index contributed by atoms with van der Waals surface area (Å²) < 4.78 is 53.7. The summed E-state index contributed by atoms with van der Waals surface area (Å²) in [6.45, 7) is 17.9. The van der Waals surface area contributed by atoms with E-state index in [-0.39, 0.29) is 0 Å². The lowest BCUT2D eigenvalue weighted by atomic mass is 10.6. The van der Waals surface area contributed by atoms with Crippen LogP contribution in [0.3, 0.4) is 0 Å². The predicted molar refractivity (Wildman–Crippen MR) is 129 cm³/mol. The van der Waals surface area contributed by atoms with Crippen LogP contribution in [0.5, 0.6) is 0 Å². The van der Waals surface area contributed by atoms with Crippen LogP contribution in [0.25, 0.3) is 0 Å². The van der Waals surface area contributed by atoms with Gasteiger partial charge in [-0.05, 0) is 0 Å². The van der Waals surface area contributed by atoms with Crippen molar-refractivity contribution >= 4 is 0 Å². The minimum absolute atomic E-state index is 0.523. The Labute approximate surface area is 205 Å². The van der Waals surface area contributed by atoms with Crippen LogP contribution in [0, 0.1) is 0 Å². The molecule has 0 aromatic rings. The van der Waals surface area contributed by atoms with Crippen LogP contribution in [0.4, 0.5) is 0 Å². The van der Waals surface area contributed by atoms with Crippen molar-refractivity contribution < 1.29 is 47.4 Å². The van der Waals surface area contributed by atoms with Crippen molar-refractivity contribution in [2.75, 3.05) is 132 Å². The zero-order chi connectivity index (χ0) is 24.6. The first kappa shape index (κ1) is 33.1. The fourth-order valence-corrected chi connectivity index (χ4v) is 2.21. The molecule has 0 amide bonds. The average molecular weight is 495 g/mol. The molecule has 0 aliphatic carbocycles. The number of rotatable bonds is 31. The lowest BCUT2D eigenvalue weighted by Crippen LogP contribution is -2.15. The van der Waals surface area contributed by atoms with Crippen molar-refractivity contribution in [3.63, 3.8) is 0 Å². The highest BCUT2D eigenvalue weighted by molar-refractivity contribution is 4.63. The zero-order valence-electron chi connectivity index (χ0n) is 20.8. The van der Waals surface area contributed by atoms with Gasteiger partial charge in [0.1, 0.15) is 0 Å². The van der Waals surface area contributed by atoms with Crippen LogP contribution >= 0.6 is 0 Å². The maximum Gasteiger partial charge on any atom is 0.0704 e. The van der Waals surface area contributed by atoms with Gasteiger partial charge in [0, 0.05) is 0 Å². The second-order valence-corrected chi connectivity index (χ2v) is 6.63. The van der Waals surface area contributed by atoms with Gasteiger partial charge in [-0.1, -0.05) is 12.2 Å². The summed E-state index contributed by atoms with van der Waals surface area (Å²) in [4.78, 5) is 0. The van der Waals surface area contributed by atoms with Crippen molar-refractivity contribution in [2.24, 2.45) is 0 Å². The van der Waals surface area contributed by atoms with Gasteiger partial charge in [0.25, 0.3) is 0 Å². The molecule has 0 saturated carbocycles. The van der Waals surface area contributed by atoms with Crippen molar-refractivity contribution in [1.82, 2.24) is 0 Å². The second kappa shape index (κ2) is 32.1. The molecule has 0 rings (SSSR count). The molecule has 0 unspecified atom stereocenters. The fourth-order valence-electron chi connectivity index (χ4n) is 2.21. The van der Waals surface area contributed by atoms with Crippen molar-refractivity contribution in [3.05, 3.63) is 25.3 Å². The smallest absolute Gasteiger partial charge is 0.0704 e. The standard InChI is InChI=1S/C24H46O10/c1-3-5-25-7-9-27-11-13-29-15-17-31-19-21-33-23-24-34-22-20-32-18-16-30-14-12-28-10-8-26-6-4-2/h3-4H,1-2,5-24H2. The van der Waals surface area contributed by atoms with Gasteiger partial charge in [-0.25, -0.2) is 0 Å². The minimum Gasteiger partial charge on any atom is -0.377 e. The van der Waals surface area contributed by atoms with Gasteiger partial charge in [0.05, 0.1) is 132 Å². The van der Waals surface area contributed by atoms with Crippen LogP contribution in [0.2, 0.25) is 0 Å². The van der Waals surface area contributed by atoms with E-state index in [0.29, 0.717) is 132 Å². The normalized spacial score (nSPS) is 11.2. The van der Waals surface area contributed by atoms with E-state index in [2.05, 4.69) is 13.2 Å². The van der Waals surface area contributed by atoms with Crippen molar-refractivity contribution in [2.45, 2.75) is 0 Å². The van der Waals surface area contributed by atoms with Crippen LogP contribution in [-0.4, -0.2) is 132 Å². The van der Waals surface area contributed by atoms with Crippen LogP contribution in [0.15, 0.2) is 25.3 Å². The van der Waals surface area contributed by atoms with E-state index in [1.54, 1.807) is 12.2 Å². The Balaban J connectivity index is 3.00. The van der Waals surface area contributed by atoms with Crippen LogP contribution in [-0.2, 0) is 47.4 Å². The highest BCUT2D eigenvalue weighted by atomic mass is 16.6. The Morgan fingerprint density at radius 3 is 0.559 bits per heavy atom. The quantitative estimate of drug-likeness (QED) is 0.104. The molecule has 0 N–H and O–H groups in total. The Morgan fingerprint density at radius 1 is 0.265 bits per heavy atom. The molecule has 0 radical (unpaired) electrons. The maximum absolute atomic E-state index is 5.44. The molecular formula is C24H46O10. The van der Waals surface area contributed by atoms with Gasteiger partial charge in [0.15, 0.2) is 0 Å². The molecular weight excluding hydrogens is 448 g/mol. The van der Waals surface area contributed by atoms with Gasteiger partial charge >= 0.3 is 0 Å². The molecule has 0 aromatic heterocycles. The Kier molecular flexibility index (Phi) is 31.2. The molecule has 0 spiro atoms. The number of hydrogen-bond acceptors (Lipinski definition) is 10. The fraction of sp³-hybridized carbons (Fsp3) is 0.833. The van der Waals surface area contributed by atoms with Gasteiger partial charge in [-0.3, -0.25) is 0 Å². The molecule has 0 aromatic carbocycles. The molecule has 202 valence electrons. The largest absolute Gasteiger partial charge is 0.377 e. The Hall–Kier alpha value is -0.920. The molecule has 0 heterocycles. The van der Waals surface area contributed by atoms with E-state index in [0.717, 1.165) is 0 Å². The molecule has 0 atom stereocenters. The second-order valence-electron chi connectivity index (χ2n) is 6.63. The summed E-state index contributed by atoms with van der Waals surface area (Å²) in [5.41, 5.74) is 0. The summed E-state index contributed by atoms with van der Waals surface area (Å²) in [5.74, 6) is 0. The SMILES string of the molecule is C=CCOCCOCCOCCOCCOCCOCCOCCOCCOCCOCC=C. The van der Waals surface area contributed by atoms with E-state index >= 15 is 0 Å². The summed E-state index contributed by atoms with van der Waals surface area (Å²) in [7, 11) is 0. The Morgan fingerprint density at radius 2 is 0.412 bits per heavy atom. The number of hydrogen-bond donors (Lipinski definition) is 0. The lowest BCUT2D eigenvalue weighted by Gasteiger charge is -2.08. The summed E-state index contributed by atoms with van der Waals surface area (Å²) in [5, 5.41) is 0. The van der Waals surface area contributed by atoms with Gasteiger partial charge in [0.2, 0.25) is 0 Å². The van der Waals surface area contributed by atoms with Crippen molar-refractivity contribution in [3.8, 4) is 0 Å². The van der Waals surface area contributed by atoms with E-state index in [1.807, 2.05) is 0 Å². The third-order valence-corrected chi connectivity index (χ3v) is 3.82. The average Bonchev–Trinajstić information content (AvgIpc) is 2.85. The van der Waals surface area contributed by atoms with Gasteiger partial charge in [-0.15, -0.1) is 13.2 Å². The molecule has 34 heavy (non-hydrogen) atoms. The van der Waals surface area contributed by atoms with E-state index < -0.39 is 0 Å². The predicted octanol–water partition coefficient (Wildman–Crippen LogP) is 1.52.